The molecule has 0 atom stereocenters. The molecule has 1 nitrogen and oxygen atoms in total. The van der Waals surface area contributed by atoms with E-state index >= 15 is 0 Å². The van der Waals surface area contributed by atoms with Gasteiger partial charge in [0.05, 0.1) is 0 Å². The molecule has 0 radical (unpaired) electrons. The minimum atomic E-state index is 0.571. The molecule has 0 unspecified atom stereocenters. The Kier molecular flexibility index (Phi) is 3.31. The lowest BCUT2D eigenvalue weighted by atomic mass is 10.1. The zero-order valence-electron chi connectivity index (χ0n) is 6.97. The molecular formula is C10H10BrN. The van der Waals surface area contributed by atoms with Crippen molar-refractivity contribution >= 4 is 15.9 Å². The number of benzene rings is 1. The summed E-state index contributed by atoms with van der Waals surface area (Å²) in [4.78, 5) is 3.32. The van der Waals surface area contributed by atoms with E-state index in [2.05, 4.69) is 45.9 Å². The molecule has 0 aromatic heterocycles. The normalized spacial score (nSPS) is 9.42. The Balaban J connectivity index is 2.81. The topological polar surface area (TPSA) is 4.36 Å². The van der Waals surface area contributed by atoms with Gasteiger partial charge in [0.2, 0.25) is 6.54 Å². The third kappa shape index (κ3) is 2.35. The van der Waals surface area contributed by atoms with Crippen LogP contribution in [0, 0.1) is 13.5 Å². The molecule has 2 heteroatoms. The Labute approximate surface area is 81.4 Å². The number of halogens is 1. The van der Waals surface area contributed by atoms with Crippen molar-refractivity contribution < 1.29 is 0 Å². The molecule has 0 saturated heterocycles. The lowest BCUT2D eigenvalue weighted by Crippen LogP contribution is -1.89. The lowest BCUT2D eigenvalue weighted by molar-refractivity contribution is 1.07. The smallest absolute Gasteiger partial charge is 0.218 e. The molecule has 1 aromatic carbocycles. The Morgan fingerprint density at radius 1 is 1.50 bits per heavy atom. The van der Waals surface area contributed by atoms with Crippen LogP contribution in [-0.2, 0) is 6.42 Å². The molecule has 0 amide bonds. The van der Waals surface area contributed by atoms with Gasteiger partial charge in [0.1, 0.15) is 0 Å². The van der Waals surface area contributed by atoms with Gasteiger partial charge in [-0.1, -0.05) is 28.1 Å². The summed E-state index contributed by atoms with van der Waals surface area (Å²) in [5.74, 6) is 0. The van der Waals surface area contributed by atoms with Crippen LogP contribution in [0.5, 0.6) is 0 Å². The van der Waals surface area contributed by atoms with Crippen molar-refractivity contribution in [2.24, 2.45) is 0 Å². The third-order valence-electron chi connectivity index (χ3n) is 1.70. The molecule has 0 spiro atoms. The van der Waals surface area contributed by atoms with E-state index in [-0.39, 0.29) is 0 Å². The van der Waals surface area contributed by atoms with Crippen LogP contribution in [-0.4, -0.2) is 6.54 Å². The highest BCUT2D eigenvalue weighted by Gasteiger charge is 2.00. The predicted octanol–water partition coefficient (Wildman–Crippen LogP) is 3.22. The number of hydrogen-bond acceptors (Lipinski definition) is 0. The molecule has 0 aliphatic carbocycles. The van der Waals surface area contributed by atoms with Crippen LogP contribution in [0.4, 0.5) is 0 Å². The van der Waals surface area contributed by atoms with Gasteiger partial charge in [-0.25, -0.2) is 6.57 Å². The molecule has 0 heterocycles. The average molecular weight is 224 g/mol. The molecular weight excluding hydrogens is 214 g/mol. The number of rotatable bonds is 2. The Bertz CT molecular complexity index is 312. The minimum absolute atomic E-state index is 0.571. The fourth-order valence-electron chi connectivity index (χ4n) is 1.03. The first-order valence-electron chi connectivity index (χ1n) is 3.82. The zero-order chi connectivity index (χ0) is 8.97. The molecule has 0 aliphatic rings. The van der Waals surface area contributed by atoms with Crippen molar-refractivity contribution in [3.05, 3.63) is 45.2 Å². The van der Waals surface area contributed by atoms with Gasteiger partial charge in [-0.2, -0.15) is 0 Å². The van der Waals surface area contributed by atoms with Crippen molar-refractivity contribution in [1.82, 2.24) is 0 Å². The molecule has 0 bridgehead atoms. The number of hydrogen-bond donors (Lipinski definition) is 0. The van der Waals surface area contributed by atoms with Crippen molar-refractivity contribution in [2.75, 3.05) is 6.54 Å². The van der Waals surface area contributed by atoms with E-state index in [1.807, 2.05) is 0 Å². The fourth-order valence-corrected chi connectivity index (χ4v) is 1.72. The van der Waals surface area contributed by atoms with E-state index in [4.69, 9.17) is 6.57 Å². The zero-order valence-corrected chi connectivity index (χ0v) is 8.56. The summed E-state index contributed by atoms with van der Waals surface area (Å²) in [6.45, 7) is 9.30. The highest BCUT2D eigenvalue weighted by Crippen LogP contribution is 2.18. The van der Waals surface area contributed by atoms with Crippen LogP contribution in [0.1, 0.15) is 11.1 Å². The van der Waals surface area contributed by atoms with Crippen LogP contribution in [0.15, 0.2) is 22.7 Å². The molecule has 0 N–H and O–H groups in total. The van der Waals surface area contributed by atoms with Gasteiger partial charge in [-0.3, -0.25) is 0 Å². The van der Waals surface area contributed by atoms with Gasteiger partial charge in [0.15, 0.2) is 0 Å². The van der Waals surface area contributed by atoms with Crippen molar-refractivity contribution in [3.8, 4) is 0 Å². The molecule has 1 aromatic rings. The van der Waals surface area contributed by atoms with E-state index in [1.165, 1.54) is 11.1 Å². The van der Waals surface area contributed by atoms with Crippen molar-refractivity contribution in [3.63, 3.8) is 0 Å². The van der Waals surface area contributed by atoms with Gasteiger partial charge >= 0.3 is 0 Å². The largest absolute Gasteiger partial charge is 0.317 e. The molecule has 0 fully saturated rings. The van der Waals surface area contributed by atoms with Gasteiger partial charge in [0.25, 0.3) is 0 Å². The van der Waals surface area contributed by atoms with Crippen LogP contribution < -0.4 is 0 Å². The van der Waals surface area contributed by atoms with Gasteiger partial charge in [0, 0.05) is 10.9 Å². The summed E-state index contributed by atoms with van der Waals surface area (Å²) < 4.78 is 1.12. The van der Waals surface area contributed by atoms with Crippen LogP contribution >= 0.6 is 15.9 Å². The third-order valence-corrected chi connectivity index (χ3v) is 2.44. The maximum absolute atomic E-state index is 6.67. The highest BCUT2D eigenvalue weighted by molar-refractivity contribution is 9.10. The van der Waals surface area contributed by atoms with Gasteiger partial charge in [-0.15, -0.1) is 0 Å². The van der Waals surface area contributed by atoms with E-state index in [9.17, 15) is 0 Å². The molecule has 0 aliphatic heterocycles. The van der Waals surface area contributed by atoms with Crippen molar-refractivity contribution in [2.45, 2.75) is 13.3 Å². The van der Waals surface area contributed by atoms with Crippen LogP contribution in [0.3, 0.4) is 0 Å². The van der Waals surface area contributed by atoms with Crippen LogP contribution in [0.2, 0.25) is 0 Å². The Hall–Kier alpha value is -0.810. The van der Waals surface area contributed by atoms with Gasteiger partial charge < -0.3 is 4.85 Å². The maximum atomic E-state index is 6.67. The second-order valence-corrected chi connectivity index (χ2v) is 3.58. The quantitative estimate of drug-likeness (QED) is 0.679. The predicted molar refractivity (Wildman–Crippen MR) is 54.1 cm³/mol. The lowest BCUT2D eigenvalue weighted by Gasteiger charge is -2.00. The SMILES string of the molecule is [C-]#[N+]CCc1ccc(C)cc1Br. The van der Waals surface area contributed by atoms with E-state index in [1.54, 1.807) is 0 Å². The first kappa shape index (κ1) is 9.28. The summed E-state index contributed by atoms with van der Waals surface area (Å²) in [7, 11) is 0. The van der Waals surface area contributed by atoms with E-state index < -0.39 is 0 Å². The summed E-state index contributed by atoms with van der Waals surface area (Å²) in [5.41, 5.74) is 2.46. The minimum Gasteiger partial charge on any atom is -0.317 e. The maximum Gasteiger partial charge on any atom is 0.218 e. The highest BCUT2D eigenvalue weighted by atomic mass is 79.9. The molecule has 12 heavy (non-hydrogen) atoms. The summed E-state index contributed by atoms with van der Waals surface area (Å²) in [6, 6.07) is 6.23. The molecule has 0 saturated carbocycles. The fraction of sp³-hybridized carbons (Fsp3) is 0.300. The first-order valence-corrected chi connectivity index (χ1v) is 4.61. The molecule has 62 valence electrons. The second-order valence-electron chi connectivity index (χ2n) is 2.73. The summed E-state index contributed by atoms with van der Waals surface area (Å²) in [5, 5.41) is 0. The summed E-state index contributed by atoms with van der Waals surface area (Å²) >= 11 is 3.47. The second kappa shape index (κ2) is 4.27. The first-order chi connectivity index (χ1) is 5.74. The molecule has 1 rings (SSSR count). The average Bonchev–Trinajstić information content (AvgIpc) is 2.03. The van der Waals surface area contributed by atoms with Crippen LogP contribution in [0.25, 0.3) is 4.85 Å². The number of nitrogens with zero attached hydrogens (tertiary/aromatic N) is 1. The monoisotopic (exact) mass is 223 g/mol. The Morgan fingerprint density at radius 3 is 2.83 bits per heavy atom. The number of aryl methyl sites for hydroxylation is 1. The van der Waals surface area contributed by atoms with E-state index in [0.717, 1.165) is 10.9 Å². The Morgan fingerprint density at radius 2 is 2.25 bits per heavy atom. The van der Waals surface area contributed by atoms with Gasteiger partial charge in [-0.05, 0) is 24.1 Å². The standard InChI is InChI=1S/C10H10BrN/c1-8-3-4-9(5-6-12-2)10(11)7-8/h3-4,7H,5-6H2,1H3. The van der Waals surface area contributed by atoms with E-state index in [0.29, 0.717) is 6.54 Å². The van der Waals surface area contributed by atoms with Crippen molar-refractivity contribution in [1.29, 1.82) is 0 Å². The summed E-state index contributed by atoms with van der Waals surface area (Å²) in [6.07, 6.45) is 0.838.